The lowest BCUT2D eigenvalue weighted by Crippen LogP contribution is -2.17. The molecule has 0 fully saturated rings. The highest BCUT2D eigenvalue weighted by Crippen LogP contribution is 2.27. The Balaban J connectivity index is 1.42. The first-order chi connectivity index (χ1) is 15.6. The first-order valence-corrected chi connectivity index (χ1v) is 11.1. The van der Waals surface area contributed by atoms with Gasteiger partial charge in [-0.25, -0.2) is 18.4 Å². The molecule has 170 valence electrons. The van der Waals surface area contributed by atoms with Crippen LogP contribution in [-0.2, 0) is 16.3 Å². The van der Waals surface area contributed by atoms with E-state index in [0.29, 0.717) is 17.8 Å². The number of nitrogens with zero attached hydrogens (tertiary/aromatic N) is 3. The van der Waals surface area contributed by atoms with Crippen molar-refractivity contribution in [3.63, 3.8) is 0 Å². The molecule has 11 heteroatoms. The number of aryl methyl sites for hydroxylation is 1. The predicted molar refractivity (Wildman–Crippen MR) is 111 cm³/mol. The molecule has 33 heavy (non-hydrogen) atoms. The number of fused-ring (bicyclic) bond motifs is 1. The van der Waals surface area contributed by atoms with Crippen molar-refractivity contribution in [1.82, 2.24) is 14.4 Å². The number of aromatic nitrogens is 3. The second-order valence-corrected chi connectivity index (χ2v) is 9.02. The lowest BCUT2D eigenvalue weighted by Gasteiger charge is -2.10. The highest BCUT2D eigenvalue weighted by Gasteiger charge is 2.31. The molecule has 0 atom stereocenters. The van der Waals surface area contributed by atoms with E-state index in [4.69, 9.17) is 0 Å². The van der Waals surface area contributed by atoms with Gasteiger partial charge in [-0.2, -0.15) is 0 Å². The smallest absolute Gasteiger partial charge is 0.406 e. The molecule has 0 amide bonds. The Labute approximate surface area is 186 Å². The average molecular weight is 475 g/mol. The number of imidazole rings is 1. The summed E-state index contributed by atoms with van der Waals surface area (Å²) in [6.45, 7) is 0. The number of sulfone groups is 1. The molecule has 0 aliphatic carbocycles. The third-order valence-electron chi connectivity index (χ3n) is 4.81. The molecule has 7 nitrogen and oxygen atoms in total. The Hall–Kier alpha value is -3.73. The highest BCUT2D eigenvalue weighted by molar-refractivity contribution is 7.91. The van der Waals surface area contributed by atoms with E-state index in [1.165, 1.54) is 18.3 Å². The second kappa shape index (κ2) is 8.66. The number of ketones is 1. The van der Waals surface area contributed by atoms with Gasteiger partial charge < -0.3 is 4.74 Å². The molecule has 2 aromatic carbocycles. The lowest BCUT2D eigenvalue weighted by molar-refractivity contribution is -0.274. The maximum atomic E-state index is 12.7. The van der Waals surface area contributed by atoms with E-state index < -0.39 is 21.9 Å². The standard InChI is InChI=1S/C22H16F3N3O4S/c23-22(24,25)32-17-4-8-19(9-5-17)33(30,31)18-6-1-15(2-7-18)3-10-20(29)16-13-27-21-26-11-12-28(21)14-16/h1-2,4-9,11-14H,3,10H2. The molecular weight excluding hydrogens is 459 g/mol. The number of hydrogen-bond acceptors (Lipinski definition) is 6. The van der Waals surface area contributed by atoms with Gasteiger partial charge in [0.2, 0.25) is 15.6 Å². The SMILES string of the molecule is O=C(CCc1ccc(S(=O)(=O)c2ccc(OC(F)(F)F)cc2)cc1)c1cnc2nccn2c1. The lowest BCUT2D eigenvalue weighted by atomic mass is 10.0. The number of rotatable bonds is 7. The quantitative estimate of drug-likeness (QED) is 0.371. The number of carbonyl (C=O) groups excluding carboxylic acids is 1. The number of ether oxygens (including phenoxy) is 1. The summed E-state index contributed by atoms with van der Waals surface area (Å²) in [7, 11) is -3.93. The van der Waals surface area contributed by atoms with E-state index in [-0.39, 0.29) is 22.0 Å². The first kappa shape index (κ1) is 22.5. The van der Waals surface area contributed by atoms with Crippen molar-refractivity contribution in [2.75, 3.05) is 0 Å². The fourth-order valence-corrected chi connectivity index (χ4v) is 4.42. The predicted octanol–water partition coefficient (Wildman–Crippen LogP) is 4.28. The van der Waals surface area contributed by atoms with Gasteiger partial charge in [-0.05, 0) is 48.4 Å². The fraction of sp³-hybridized carbons (Fsp3) is 0.136. The van der Waals surface area contributed by atoms with Gasteiger partial charge in [0.05, 0.1) is 15.4 Å². The van der Waals surface area contributed by atoms with Crippen LogP contribution in [0.25, 0.3) is 5.78 Å². The van der Waals surface area contributed by atoms with E-state index in [1.807, 2.05) is 0 Å². The van der Waals surface area contributed by atoms with E-state index >= 15 is 0 Å². The zero-order valence-corrected chi connectivity index (χ0v) is 17.7. The van der Waals surface area contributed by atoms with Crippen molar-refractivity contribution >= 4 is 21.4 Å². The van der Waals surface area contributed by atoms with E-state index in [9.17, 15) is 26.4 Å². The minimum absolute atomic E-state index is 0.0168. The Morgan fingerprint density at radius 1 is 0.970 bits per heavy atom. The van der Waals surface area contributed by atoms with E-state index in [0.717, 1.165) is 29.8 Å². The molecule has 0 radical (unpaired) electrons. The molecule has 2 aromatic heterocycles. The van der Waals surface area contributed by atoms with Crippen molar-refractivity contribution in [1.29, 1.82) is 0 Å². The molecule has 0 N–H and O–H groups in total. The maximum absolute atomic E-state index is 12.7. The number of carbonyl (C=O) groups is 1. The maximum Gasteiger partial charge on any atom is 0.573 e. The largest absolute Gasteiger partial charge is 0.573 e. The van der Waals surface area contributed by atoms with Crippen LogP contribution in [0.4, 0.5) is 13.2 Å². The van der Waals surface area contributed by atoms with Crippen molar-refractivity contribution < 1.29 is 31.1 Å². The normalized spacial score (nSPS) is 12.1. The molecular formula is C22H16F3N3O4S. The van der Waals surface area contributed by atoms with Gasteiger partial charge in [0.25, 0.3) is 0 Å². The van der Waals surface area contributed by atoms with Crippen LogP contribution in [-0.4, -0.2) is 34.9 Å². The van der Waals surface area contributed by atoms with Gasteiger partial charge in [0.15, 0.2) is 5.78 Å². The number of benzene rings is 2. The summed E-state index contributed by atoms with van der Waals surface area (Å²) >= 11 is 0. The molecule has 0 bridgehead atoms. The zero-order chi connectivity index (χ0) is 23.6. The van der Waals surface area contributed by atoms with Crippen LogP contribution >= 0.6 is 0 Å². The average Bonchev–Trinajstić information content (AvgIpc) is 3.25. The Morgan fingerprint density at radius 3 is 2.24 bits per heavy atom. The molecule has 4 aromatic rings. The van der Waals surface area contributed by atoms with Crippen LogP contribution in [0.5, 0.6) is 5.75 Å². The summed E-state index contributed by atoms with van der Waals surface area (Å²) in [6, 6.07) is 9.97. The van der Waals surface area contributed by atoms with Crippen LogP contribution in [0.2, 0.25) is 0 Å². The fourth-order valence-electron chi connectivity index (χ4n) is 3.15. The third-order valence-corrected chi connectivity index (χ3v) is 6.60. The van der Waals surface area contributed by atoms with Gasteiger partial charge in [-0.1, -0.05) is 12.1 Å². The number of halogens is 3. The van der Waals surface area contributed by atoms with Crippen LogP contribution < -0.4 is 4.74 Å². The van der Waals surface area contributed by atoms with Gasteiger partial charge in [-0.3, -0.25) is 9.20 Å². The van der Waals surface area contributed by atoms with Gasteiger partial charge >= 0.3 is 6.36 Å². The summed E-state index contributed by atoms with van der Waals surface area (Å²) in [5.74, 6) is -0.134. The van der Waals surface area contributed by atoms with Gasteiger partial charge in [-0.15, -0.1) is 13.2 Å². The minimum atomic E-state index is -4.86. The molecule has 0 saturated carbocycles. The Kier molecular flexibility index (Phi) is 5.90. The summed E-state index contributed by atoms with van der Waals surface area (Å²) in [5.41, 5.74) is 1.20. The van der Waals surface area contributed by atoms with Gasteiger partial charge in [0, 0.05) is 31.2 Å². The minimum Gasteiger partial charge on any atom is -0.406 e. The molecule has 0 aliphatic heterocycles. The highest BCUT2D eigenvalue weighted by atomic mass is 32.2. The summed E-state index contributed by atoms with van der Waals surface area (Å²) < 4.78 is 67.7. The van der Waals surface area contributed by atoms with E-state index in [2.05, 4.69) is 14.7 Å². The number of Topliss-reactive ketones (excluding diaryl/α,β-unsaturated/α-hetero) is 1. The van der Waals surface area contributed by atoms with Crippen LogP contribution in [0.3, 0.4) is 0 Å². The van der Waals surface area contributed by atoms with Crippen LogP contribution in [0.1, 0.15) is 22.3 Å². The Morgan fingerprint density at radius 2 is 1.61 bits per heavy atom. The summed E-state index contributed by atoms with van der Waals surface area (Å²) in [4.78, 5) is 20.4. The Bertz CT molecular complexity index is 1400. The molecule has 2 heterocycles. The molecule has 0 unspecified atom stereocenters. The van der Waals surface area contributed by atoms with Crippen molar-refractivity contribution in [2.24, 2.45) is 0 Å². The van der Waals surface area contributed by atoms with E-state index in [1.54, 1.807) is 35.1 Å². The topological polar surface area (TPSA) is 90.6 Å². The molecule has 0 aliphatic rings. The number of alkyl halides is 3. The second-order valence-electron chi connectivity index (χ2n) is 7.07. The van der Waals surface area contributed by atoms with Crippen molar-refractivity contribution in [2.45, 2.75) is 29.0 Å². The molecule has 0 spiro atoms. The zero-order valence-electron chi connectivity index (χ0n) is 16.9. The molecule has 0 saturated heterocycles. The summed E-state index contributed by atoms with van der Waals surface area (Å²) in [6.07, 6.45) is 2.12. The summed E-state index contributed by atoms with van der Waals surface area (Å²) in [5, 5.41) is 0. The van der Waals surface area contributed by atoms with Crippen LogP contribution in [0, 0.1) is 0 Å². The first-order valence-electron chi connectivity index (χ1n) is 9.64. The number of hydrogen-bond donors (Lipinski definition) is 0. The molecule has 4 rings (SSSR count). The third kappa shape index (κ3) is 5.20. The van der Waals surface area contributed by atoms with Crippen LogP contribution in [0.15, 0.2) is 83.1 Å². The van der Waals surface area contributed by atoms with Crippen molar-refractivity contribution in [3.05, 3.63) is 84.4 Å². The van der Waals surface area contributed by atoms with Crippen molar-refractivity contribution in [3.8, 4) is 5.75 Å². The van der Waals surface area contributed by atoms with Gasteiger partial charge in [0.1, 0.15) is 5.75 Å². The monoisotopic (exact) mass is 475 g/mol.